The summed E-state index contributed by atoms with van der Waals surface area (Å²) < 4.78 is 0. The van der Waals surface area contributed by atoms with Crippen LogP contribution >= 0.6 is 0 Å². The molecule has 0 aromatic rings. The minimum absolute atomic E-state index is 0.749. The Morgan fingerprint density at radius 3 is 1.00 bits per heavy atom. The van der Waals surface area contributed by atoms with E-state index in [1.807, 2.05) is 0 Å². The second-order valence-corrected chi connectivity index (χ2v) is 18.6. The van der Waals surface area contributed by atoms with Gasteiger partial charge in [-0.15, -0.1) is 0 Å². The minimum Gasteiger partial charge on any atom is -0.0695 e. The Balaban J connectivity index is 3.20. The highest BCUT2D eigenvalue weighted by molar-refractivity contribution is 6.76. The lowest BCUT2D eigenvalue weighted by atomic mass is 10.2. The van der Waals surface area contributed by atoms with Crippen LogP contribution in [-0.4, -0.2) is 16.1 Å². The van der Waals surface area contributed by atoms with Crippen molar-refractivity contribution in [3.05, 3.63) is 0 Å². The maximum absolute atomic E-state index is 2.48. The van der Waals surface area contributed by atoms with Gasteiger partial charge in [-0.2, -0.15) is 0 Å². The molecule has 0 radical (unpaired) electrons. The maximum atomic E-state index is 2.48. The second-order valence-electron chi connectivity index (χ2n) is 7.39. The van der Waals surface area contributed by atoms with E-state index in [9.17, 15) is 0 Å². The van der Waals surface area contributed by atoms with Crippen molar-refractivity contribution in [1.29, 1.82) is 0 Å². The van der Waals surface area contributed by atoms with E-state index >= 15 is 0 Å². The summed E-state index contributed by atoms with van der Waals surface area (Å²) in [6.45, 7) is 14.9. The average molecular weight is 245 g/mol. The Labute approximate surface area is 99.9 Å². The smallest absolute Gasteiger partial charge is 0.0442 e. The molecule has 92 valence electrons. The van der Waals surface area contributed by atoms with E-state index in [0.717, 1.165) is 0 Å². The van der Waals surface area contributed by atoms with Crippen molar-refractivity contribution in [3.8, 4) is 0 Å². The fourth-order valence-electron chi connectivity index (χ4n) is 1.84. The molecule has 0 amide bonds. The topological polar surface area (TPSA) is 0 Å². The maximum Gasteiger partial charge on any atom is 0.0442 e. The first-order valence-electron chi connectivity index (χ1n) is 6.71. The molecule has 0 aromatic heterocycles. The molecule has 0 aliphatic rings. The van der Waals surface area contributed by atoms with Crippen molar-refractivity contribution in [2.45, 2.75) is 83.5 Å². The van der Waals surface area contributed by atoms with Gasteiger partial charge in [0.2, 0.25) is 0 Å². The molecule has 0 atom stereocenters. The lowest BCUT2D eigenvalue weighted by Crippen LogP contribution is -2.19. The van der Waals surface area contributed by atoms with Crippen LogP contribution in [0.4, 0.5) is 0 Å². The highest BCUT2D eigenvalue weighted by Crippen LogP contribution is 2.17. The van der Waals surface area contributed by atoms with Crippen LogP contribution in [0.1, 0.15) is 32.1 Å². The Morgan fingerprint density at radius 2 is 0.733 bits per heavy atom. The number of unbranched alkanes of at least 4 members (excludes halogenated alkanes) is 4. The molecule has 0 rings (SSSR count). The summed E-state index contributed by atoms with van der Waals surface area (Å²) in [6.07, 6.45) is 7.42. The molecule has 0 saturated carbocycles. The van der Waals surface area contributed by atoms with E-state index in [0.29, 0.717) is 0 Å². The quantitative estimate of drug-likeness (QED) is 0.384. The van der Waals surface area contributed by atoms with Crippen molar-refractivity contribution in [3.63, 3.8) is 0 Å². The third-order valence-corrected chi connectivity index (χ3v) is 6.56. The van der Waals surface area contributed by atoms with Crippen molar-refractivity contribution in [2.24, 2.45) is 0 Å². The SMILES string of the molecule is C[Si](C)(C)CCCCCCC[Si](C)(C)C. The van der Waals surface area contributed by atoms with Gasteiger partial charge in [0.1, 0.15) is 0 Å². The predicted molar refractivity (Wildman–Crippen MR) is 79.4 cm³/mol. The monoisotopic (exact) mass is 244 g/mol. The fraction of sp³-hybridized carbons (Fsp3) is 1.00. The molecule has 0 aromatic carbocycles. The zero-order valence-electron chi connectivity index (χ0n) is 11.9. The number of rotatable bonds is 8. The third-order valence-electron chi connectivity index (χ3n) is 2.85. The van der Waals surface area contributed by atoms with Crippen LogP contribution < -0.4 is 0 Å². The molecule has 0 aliphatic heterocycles. The molecule has 0 nitrogen and oxygen atoms in total. The first-order valence-corrected chi connectivity index (χ1v) is 14.1. The lowest BCUT2D eigenvalue weighted by molar-refractivity contribution is 0.650. The second kappa shape index (κ2) is 6.90. The molecule has 15 heavy (non-hydrogen) atoms. The number of hydrogen-bond donors (Lipinski definition) is 0. The largest absolute Gasteiger partial charge is 0.0695 e. The van der Waals surface area contributed by atoms with E-state index in [-0.39, 0.29) is 0 Å². The number of hydrogen-bond acceptors (Lipinski definition) is 0. The highest BCUT2D eigenvalue weighted by Gasteiger charge is 2.12. The normalized spacial score (nSPS) is 13.2. The standard InChI is InChI=1S/C13H32Si2/c1-14(2,3)12-10-8-7-9-11-13-15(4,5)6/h7-13H2,1-6H3. The van der Waals surface area contributed by atoms with Crippen LogP contribution in [0.3, 0.4) is 0 Å². The molecule has 0 N–H and O–H groups in total. The van der Waals surface area contributed by atoms with Crippen LogP contribution in [-0.2, 0) is 0 Å². The van der Waals surface area contributed by atoms with Gasteiger partial charge < -0.3 is 0 Å². The Bertz CT molecular complexity index is 133. The Morgan fingerprint density at radius 1 is 0.467 bits per heavy atom. The van der Waals surface area contributed by atoms with Gasteiger partial charge in [0, 0.05) is 16.1 Å². The zero-order valence-corrected chi connectivity index (χ0v) is 13.9. The van der Waals surface area contributed by atoms with E-state index in [1.165, 1.54) is 44.2 Å². The van der Waals surface area contributed by atoms with Gasteiger partial charge in [-0.25, -0.2) is 0 Å². The van der Waals surface area contributed by atoms with Crippen molar-refractivity contribution >= 4 is 16.1 Å². The summed E-state index contributed by atoms with van der Waals surface area (Å²) in [7, 11) is -1.50. The van der Waals surface area contributed by atoms with Crippen LogP contribution in [0, 0.1) is 0 Å². The van der Waals surface area contributed by atoms with Gasteiger partial charge in [-0.1, -0.05) is 83.5 Å². The van der Waals surface area contributed by atoms with Gasteiger partial charge >= 0.3 is 0 Å². The van der Waals surface area contributed by atoms with Crippen LogP contribution in [0.25, 0.3) is 0 Å². The van der Waals surface area contributed by atoms with Crippen LogP contribution in [0.15, 0.2) is 0 Å². The van der Waals surface area contributed by atoms with Gasteiger partial charge in [-0.3, -0.25) is 0 Å². The molecule has 0 spiro atoms. The van der Waals surface area contributed by atoms with Crippen molar-refractivity contribution in [2.75, 3.05) is 0 Å². The predicted octanol–water partition coefficient (Wildman–Crippen LogP) is 5.61. The minimum atomic E-state index is -0.749. The first kappa shape index (κ1) is 15.4. The van der Waals surface area contributed by atoms with E-state index in [2.05, 4.69) is 39.3 Å². The molecule has 0 unspecified atom stereocenters. The molecular weight excluding hydrogens is 212 g/mol. The third kappa shape index (κ3) is 14.4. The van der Waals surface area contributed by atoms with Gasteiger partial charge in [0.15, 0.2) is 0 Å². The summed E-state index contributed by atoms with van der Waals surface area (Å²) in [6, 6.07) is 3.06. The average Bonchev–Trinajstić information content (AvgIpc) is 1.98. The van der Waals surface area contributed by atoms with Crippen molar-refractivity contribution in [1.82, 2.24) is 0 Å². The Kier molecular flexibility index (Phi) is 7.10. The van der Waals surface area contributed by atoms with E-state index < -0.39 is 16.1 Å². The first-order chi connectivity index (χ1) is 6.71. The highest BCUT2D eigenvalue weighted by atomic mass is 28.3. The van der Waals surface area contributed by atoms with Crippen molar-refractivity contribution < 1.29 is 0 Å². The summed E-state index contributed by atoms with van der Waals surface area (Å²) >= 11 is 0. The van der Waals surface area contributed by atoms with Gasteiger partial charge in [0.25, 0.3) is 0 Å². The molecule has 0 bridgehead atoms. The summed E-state index contributed by atoms with van der Waals surface area (Å²) in [5.41, 5.74) is 0. The molecule has 0 saturated heterocycles. The summed E-state index contributed by atoms with van der Waals surface area (Å²) in [5, 5.41) is 0. The molecular formula is C13H32Si2. The van der Waals surface area contributed by atoms with Gasteiger partial charge in [0.05, 0.1) is 0 Å². The summed E-state index contributed by atoms with van der Waals surface area (Å²) in [4.78, 5) is 0. The fourth-order valence-corrected chi connectivity index (χ4v) is 4.46. The van der Waals surface area contributed by atoms with E-state index in [1.54, 1.807) is 0 Å². The van der Waals surface area contributed by atoms with E-state index in [4.69, 9.17) is 0 Å². The molecule has 0 fully saturated rings. The Hall–Kier alpha value is 0.434. The van der Waals surface area contributed by atoms with Crippen LogP contribution in [0.2, 0.25) is 51.4 Å². The lowest BCUT2D eigenvalue weighted by Gasteiger charge is -2.16. The molecule has 0 aliphatic carbocycles. The van der Waals surface area contributed by atoms with Crippen LogP contribution in [0.5, 0.6) is 0 Å². The zero-order chi connectivity index (χ0) is 11.9. The molecule has 2 heteroatoms. The molecule has 0 heterocycles. The van der Waals surface area contributed by atoms with Gasteiger partial charge in [-0.05, 0) is 0 Å². The summed E-state index contributed by atoms with van der Waals surface area (Å²) in [5.74, 6) is 0.